The predicted molar refractivity (Wildman–Crippen MR) is 155 cm³/mol. The molecule has 39 heavy (non-hydrogen) atoms. The first-order valence-electron chi connectivity index (χ1n) is 14.3. The quantitative estimate of drug-likeness (QED) is 0.0573. The van der Waals surface area contributed by atoms with Crippen molar-refractivity contribution in [3.63, 3.8) is 0 Å². The lowest BCUT2D eigenvalue weighted by atomic mass is 9.89. The Balaban J connectivity index is 0.000000567. The zero-order chi connectivity index (χ0) is 27.7. The van der Waals surface area contributed by atoms with Crippen LogP contribution in [0.4, 0.5) is 17.3 Å². The minimum Gasteiger partial charge on any atom is -0.418 e. The fourth-order valence-electron chi connectivity index (χ4n) is 6.14. The molecular weight excluding hydrogens is 501 g/mol. The van der Waals surface area contributed by atoms with Crippen LogP contribution in [0.15, 0.2) is 54.6 Å². The maximum absolute atomic E-state index is 9.75. The highest BCUT2D eigenvalue weighted by Crippen LogP contribution is 2.47. The number of unbranched alkanes of at least 4 members (excludes halogenated alkanes) is 3. The van der Waals surface area contributed by atoms with Crippen molar-refractivity contribution in [2.75, 3.05) is 0 Å². The average molecular weight is 537 g/mol. The van der Waals surface area contributed by atoms with E-state index in [1.807, 2.05) is 0 Å². The number of hydrogen-bond donors (Lipinski definition) is 0. The van der Waals surface area contributed by atoms with Crippen molar-refractivity contribution in [2.45, 2.75) is 78.9 Å². The molecule has 0 aliphatic carbocycles. The molecule has 0 N–H and O–H groups in total. The molecule has 4 aromatic rings. The summed E-state index contributed by atoms with van der Waals surface area (Å²) < 4.78 is 46.8. The molecule has 6 rings (SSSR count). The zero-order valence-corrected chi connectivity index (χ0v) is 23.0. The molecule has 0 saturated heterocycles. The van der Waals surface area contributed by atoms with E-state index in [0.29, 0.717) is 0 Å². The Hall–Kier alpha value is -3.29. The minimum absolute atomic E-state index is 1.06. The molecule has 8 heteroatoms. The van der Waals surface area contributed by atoms with Crippen LogP contribution in [-0.2, 0) is 19.6 Å². The van der Waals surface area contributed by atoms with Gasteiger partial charge in [-0.15, -0.1) is 0 Å². The molecule has 0 atom stereocenters. The van der Waals surface area contributed by atoms with Gasteiger partial charge in [0.15, 0.2) is 0 Å². The molecule has 0 spiro atoms. The van der Waals surface area contributed by atoms with Crippen LogP contribution in [0.2, 0.25) is 0 Å². The van der Waals surface area contributed by atoms with Gasteiger partial charge in [-0.2, -0.15) is 4.57 Å². The van der Waals surface area contributed by atoms with Gasteiger partial charge in [0.2, 0.25) is 11.0 Å². The largest absolute Gasteiger partial charge is 0.673 e. The maximum atomic E-state index is 9.75. The van der Waals surface area contributed by atoms with Crippen LogP contribution >= 0.6 is 0 Å². The SMILES string of the molecule is CCCCn1c2cccc3c2-c2c4c1cccc4[n+](CCCC)c1cccc(c21)n3CCCC.F[B-](F)(F)F. The summed E-state index contributed by atoms with van der Waals surface area (Å²) >= 11 is 0. The number of nitrogens with zero attached hydrogens (tertiary/aromatic N) is 3. The smallest absolute Gasteiger partial charge is 0.418 e. The fraction of sp³-hybridized carbons (Fsp3) is 0.387. The second-order valence-electron chi connectivity index (χ2n) is 10.4. The summed E-state index contributed by atoms with van der Waals surface area (Å²) in [5.41, 5.74) is 11.2. The Bertz CT molecular complexity index is 1570. The van der Waals surface area contributed by atoms with Crippen LogP contribution in [0.1, 0.15) is 59.3 Å². The van der Waals surface area contributed by atoms with Gasteiger partial charge in [0.25, 0.3) is 0 Å². The first-order chi connectivity index (χ1) is 18.8. The van der Waals surface area contributed by atoms with Crippen LogP contribution in [-0.4, -0.2) is 16.4 Å². The monoisotopic (exact) mass is 537 g/mol. The van der Waals surface area contributed by atoms with Gasteiger partial charge in [-0.1, -0.05) is 58.2 Å². The normalized spacial score (nSPS) is 12.4. The van der Waals surface area contributed by atoms with Gasteiger partial charge in [-0.25, -0.2) is 0 Å². The van der Waals surface area contributed by atoms with Crippen LogP contribution < -0.4 is 4.57 Å². The second-order valence-corrected chi connectivity index (χ2v) is 10.4. The third kappa shape index (κ3) is 4.94. The molecule has 3 nitrogen and oxygen atoms in total. The molecule has 3 aromatic carbocycles. The molecule has 0 unspecified atom stereocenters. The summed E-state index contributed by atoms with van der Waals surface area (Å²) in [6.45, 7) is 10.1. The van der Waals surface area contributed by atoms with E-state index >= 15 is 0 Å². The van der Waals surface area contributed by atoms with Crippen molar-refractivity contribution in [1.82, 2.24) is 9.13 Å². The fourth-order valence-corrected chi connectivity index (χ4v) is 6.14. The molecular formula is C31H36BF4N3. The van der Waals surface area contributed by atoms with E-state index in [1.165, 1.54) is 93.5 Å². The van der Waals surface area contributed by atoms with Crippen molar-refractivity contribution in [2.24, 2.45) is 0 Å². The Kier molecular flexibility index (Phi) is 7.74. The van der Waals surface area contributed by atoms with E-state index < -0.39 is 7.25 Å². The third-order valence-electron chi connectivity index (χ3n) is 7.76. The maximum Gasteiger partial charge on any atom is 0.673 e. The summed E-state index contributed by atoms with van der Waals surface area (Å²) in [6, 6.07) is 20.9. The Labute approximate surface area is 226 Å². The molecule has 0 saturated carbocycles. The van der Waals surface area contributed by atoms with E-state index in [1.54, 1.807) is 0 Å². The number of halogens is 4. The summed E-state index contributed by atoms with van der Waals surface area (Å²) in [5.74, 6) is 0. The van der Waals surface area contributed by atoms with E-state index in [0.717, 1.165) is 19.6 Å². The molecule has 206 valence electrons. The highest BCUT2D eigenvalue weighted by atomic mass is 19.5. The lowest BCUT2D eigenvalue weighted by Crippen LogP contribution is -2.36. The van der Waals surface area contributed by atoms with E-state index in [9.17, 15) is 17.3 Å². The summed E-state index contributed by atoms with van der Waals surface area (Å²) in [6.07, 6.45) is 7.21. The second kappa shape index (κ2) is 11.1. The molecule has 1 aromatic heterocycles. The Morgan fingerprint density at radius 3 is 1.44 bits per heavy atom. The van der Waals surface area contributed by atoms with E-state index in [4.69, 9.17) is 0 Å². The number of aromatic nitrogens is 3. The van der Waals surface area contributed by atoms with Crippen molar-refractivity contribution in [1.29, 1.82) is 0 Å². The first-order valence-corrected chi connectivity index (χ1v) is 14.3. The van der Waals surface area contributed by atoms with Gasteiger partial charge in [-0.05, 0) is 37.1 Å². The van der Waals surface area contributed by atoms with Crippen LogP contribution in [0.3, 0.4) is 0 Å². The zero-order valence-electron chi connectivity index (χ0n) is 23.0. The van der Waals surface area contributed by atoms with Gasteiger partial charge in [-0.3, -0.25) is 0 Å². The van der Waals surface area contributed by atoms with Crippen LogP contribution in [0, 0.1) is 0 Å². The molecule has 3 heterocycles. The number of pyridine rings is 3. The number of aryl methyl sites for hydroxylation is 3. The third-order valence-corrected chi connectivity index (χ3v) is 7.76. The predicted octanol–water partition coefficient (Wildman–Crippen LogP) is 9.43. The van der Waals surface area contributed by atoms with Gasteiger partial charge in [0.05, 0.1) is 32.8 Å². The van der Waals surface area contributed by atoms with Crippen molar-refractivity contribution >= 4 is 51.1 Å². The first kappa shape index (κ1) is 27.3. The summed E-state index contributed by atoms with van der Waals surface area (Å²) in [7, 11) is -6.00. The molecule has 0 fully saturated rings. The Morgan fingerprint density at radius 1 is 0.590 bits per heavy atom. The standard InChI is InChI=1S/C31H36N3.BF4/c1-4-7-19-32-22-13-10-15-24-28(22)31-29-23(32)14-11-16-25(29)34(21-9-6-3)27-18-12-17-26(30(27)31)33(24)20-8-5-2;2-1(3,4)5/h10-18H,4-9,19-21H2,1-3H3;/q+1;-1. The highest BCUT2D eigenvalue weighted by molar-refractivity contribution is 6.50. The molecule has 0 amide bonds. The van der Waals surface area contributed by atoms with Gasteiger partial charge in [0, 0.05) is 42.8 Å². The van der Waals surface area contributed by atoms with Crippen LogP contribution in [0.25, 0.3) is 55.0 Å². The average Bonchev–Trinajstić information content (AvgIpc) is 2.91. The van der Waals surface area contributed by atoms with E-state index in [2.05, 4.69) is 89.1 Å². The lowest BCUT2D eigenvalue weighted by Gasteiger charge is -2.28. The van der Waals surface area contributed by atoms with Gasteiger partial charge >= 0.3 is 7.25 Å². The molecule has 2 aliphatic heterocycles. The van der Waals surface area contributed by atoms with Crippen molar-refractivity contribution in [3.05, 3.63) is 54.6 Å². The van der Waals surface area contributed by atoms with Crippen molar-refractivity contribution in [3.8, 4) is 11.1 Å². The number of rotatable bonds is 9. The summed E-state index contributed by atoms with van der Waals surface area (Å²) in [5, 5.41) is 2.90. The molecule has 0 bridgehead atoms. The highest BCUT2D eigenvalue weighted by Gasteiger charge is 2.31. The van der Waals surface area contributed by atoms with Crippen LogP contribution in [0.5, 0.6) is 0 Å². The van der Waals surface area contributed by atoms with Gasteiger partial charge in [0.1, 0.15) is 6.54 Å². The number of hydrogen-bond acceptors (Lipinski definition) is 0. The molecule has 2 aliphatic rings. The van der Waals surface area contributed by atoms with E-state index in [-0.39, 0.29) is 0 Å². The Morgan fingerprint density at radius 2 is 1.00 bits per heavy atom. The van der Waals surface area contributed by atoms with Gasteiger partial charge < -0.3 is 26.4 Å². The summed E-state index contributed by atoms with van der Waals surface area (Å²) in [4.78, 5) is 0. The number of benzene rings is 3. The topological polar surface area (TPSA) is 13.7 Å². The molecule has 0 radical (unpaired) electrons. The van der Waals surface area contributed by atoms with Crippen molar-refractivity contribution < 1.29 is 21.8 Å². The minimum atomic E-state index is -6.00. The lowest BCUT2D eigenvalue weighted by molar-refractivity contribution is -0.645.